The highest BCUT2D eigenvalue weighted by atomic mass is 35.5. The minimum atomic E-state index is -0.648. The van der Waals surface area contributed by atoms with Gasteiger partial charge in [0.15, 0.2) is 0 Å². The third kappa shape index (κ3) is 6.27. The number of rotatable bonds is 5. The zero-order chi connectivity index (χ0) is 9.78. The zero-order valence-corrected chi connectivity index (χ0v) is 10.0. The van der Waals surface area contributed by atoms with Gasteiger partial charge in [0.1, 0.15) is 6.04 Å². The second-order valence-corrected chi connectivity index (χ2v) is 4.12. The Bertz CT molecular complexity index is 125. The molecule has 0 aromatic carbocycles. The van der Waals surface area contributed by atoms with Crippen LogP contribution in [0, 0.1) is 0 Å². The molecule has 2 unspecified atom stereocenters. The van der Waals surface area contributed by atoms with Crippen molar-refractivity contribution in [2.45, 2.75) is 32.6 Å². The predicted molar refractivity (Wildman–Crippen MR) is 49.7 cm³/mol. The molecule has 0 saturated heterocycles. The van der Waals surface area contributed by atoms with Crippen LogP contribution < -0.4 is 12.4 Å². The van der Waals surface area contributed by atoms with E-state index >= 15 is 0 Å². The van der Waals surface area contributed by atoms with Gasteiger partial charge in [-0.3, -0.25) is 0 Å². The molecule has 0 radical (unpaired) electrons. The molecule has 0 aliphatic rings. The number of hydrogen-bond acceptors (Lipinski definition) is 2. The Morgan fingerprint density at radius 2 is 1.77 bits per heavy atom. The average molecular weight is 212 g/mol. The Hall–Kier alpha value is 0.170. The number of ether oxygens (including phenoxy) is 1. The quantitative estimate of drug-likeness (QED) is 0.415. The van der Waals surface area contributed by atoms with Gasteiger partial charge in [0.2, 0.25) is 6.29 Å². The fraction of sp³-hybridized carbons (Fsp3) is 1.00. The molecule has 0 aliphatic carbocycles. The molecule has 0 heterocycles. The summed E-state index contributed by atoms with van der Waals surface area (Å²) in [5.74, 6) is 0. The summed E-state index contributed by atoms with van der Waals surface area (Å²) >= 11 is 0. The third-order valence-electron chi connectivity index (χ3n) is 2.13. The van der Waals surface area contributed by atoms with Gasteiger partial charge >= 0.3 is 0 Å². The lowest BCUT2D eigenvalue weighted by Crippen LogP contribution is -3.00. The van der Waals surface area contributed by atoms with E-state index in [4.69, 9.17) is 4.74 Å². The first-order chi connectivity index (χ1) is 5.39. The lowest BCUT2D eigenvalue weighted by atomic mass is 10.2. The lowest BCUT2D eigenvalue weighted by molar-refractivity contribution is -0.901. The van der Waals surface area contributed by atoms with E-state index in [0.29, 0.717) is 11.1 Å². The molecule has 0 fully saturated rings. The molecule has 0 aliphatic heterocycles. The van der Waals surface area contributed by atoms with Crippen LogP contribution in [0.4, 0.5) is 0 Å². The van der Waals surface area contributed by atoms with E-state index in [1.165, 1.54) is 0 Å². The van der Waals surface area contributed by atoms with E-state index in [1.54, 1.807) is 0 Å². The number of aliphatic hydroxyl groups excluding tert-OH is 1. The first-order valence-electron chi connectivity index (χ1n) is 4.50. The first-order valence-corrected chi connectivity index (χ1v) is 4.50. The lowest BCUT2D eigenvalue weighted by Gasteiger charge is -2.34. The maximum atomic E-state index is 9.55. The van der Waals surface area contributed by atoms with Gasteiger partial charge in [-0.2, -0.15) is 0 Å². The van der Waals surface area contributed by atoms with Crippen LogP contribution in [0.5, 0.6) is 0 Å². The van der Waals surface area contributed by atoms with Gasteiger partial charge in [-0.15, -0.1) is 0 Å². The van der Waals surface area contributed by atoms with Crippen LogP contribution in [0.1, 0.15) is 20.3 Å². The summed E-state index contributed by atoms with van der Waals surface area (Å²) in [4.78, 5) is 0. The van der Waals surface area contributed by atoms with Gasteiger partial charge in [-0.05, 0) is 13.3 Å². The molecular weight excluding hydrogens is 190 g/mol. The van der Waals surface area contributed by atoms with Crippen molar-refractivity contribution in [1.29, 1.82) is 0 Å². The Balaban J connectivity index is 0. The number of halogens is 1. The highest BCUT2D eigenvalue weighted by Crippen LogP contribution is 2.08. The van der Waals surface area contributed by atoms with Gasteiger partial charge in [0.25, 0.3) is 0 Å². The van der Waals surface area contributed by atoms with E-state index in [2.05, 4.69) is 0 Å². The van der Waals surface area contributed by atoms with Crippen LogP contribution in [-0.2, 0) is 4.74 Å². The Labute approximate surface area is 87.7 Å². The van der Waals surface area contributed by atoms with Crippen LogP contribution >= 0.6 is 0 Å². The normalized spacial score (nSPS) is 16.2. The topological polar surface area (TPSA) is 29.5 Å². The second kappa shape index (κ2) is 6.60. The summed E-state index contributed by atoms with van der Waals surface area (Å²) in [6, 6.07) is 0.108. The van der Waals surface area contributed by atoms with Gasteiger partial charge in [0, 0.05) is 6.61 Å². The molecule has 0 spiro atoms. The highest BCUT2D eigenvalue weighted by Gasteiger charge is 2.26. The van der Waals surface area contributed by atoms with Crippen molar-refractivity contribution in [3.8, 4) is 0 Å². The fourth-order valence-electron chi connectivity index (χ4n) is 0.760. The highest BCUT2D eigenvalue weighted by molar-refractivity contribution is 4.52. The zero-order valence-electron chi connectivity index (χ0n) is 9.25. The standard InChI is InChI=1S/C9H22NO2.ClH/c1-6-7-12-9(11)8(2)10(3,4)5;/h8-9,11H,6-7H2,1-5H3;1H/q+1;/p-1. The monoisotopic (exact) mass is 211 g/mol. The third-order valence-corrected chi connectivity index (χ3v) is 2.13. The van der Waals surface area contributed by atoms with Crippen LogP contribution in [-0.4, -0.2) is 49.7 Å². The van der Waals surface area contributed by atoms with E-state index in [0.717, 1.165) is 6.42 Å². The summed E-state index contributed by atoms with van der Waals surface area (Å²) in [6.07, 6.45) is 0.297. The number of quaternary nitrogens is 1. The molecule has 4 heteroatoms. The summed E-state index contributed by atoms with van der Waals surface area (Å²) in [6.45, 7) is 4.65. The molecule has 0 saturated carbocycles. The SMILES string of the molecule is CCCOC(O)C(C)[N+](C)(C)C.[Cl-]. The molecule has 1 N–H and O–H groups in total. The molecule has 0 aromatic rings. The molecule has 0 rings (SSSR count). The van der Waals surface area contributed by atoms with Crippen molar-refractivity contribution in [3.63, 3.8) is 0 Å². The Kier molecular flexibility index (Phi) is 7.93. The Morgan fingerprint density at radius 3 is 2.08 bits per heavy atom. The minimum Gasteiger partial charge on any atom is -1.00 e. The van der Waals surface area contributed by atoms with E-state index < -0.39 is 6.29 Å². The summed E-state index contributed by atoms with van der Waals surface area (Å²) in [5, 5.41) is 9.55. The Morgan fingerprint density at radius 1 is 1.31 bits per heavy atom. The molecule has 82 valence electrons. The van der Waals surface area contributed by atoms with Crippen molar-refractivity contribution in [1.82, 2.24) is 0 Å². The molecule has 0 aromatic heterocycles. The van der Waals surface area contributed by atoms with Gasteiger partial charge in [0.05, 0.1) is 21.1 Å². The van der Waals surface area contributed by atoms with Crippen molar-refractivity contribution in [2.75, 3.05) is 27.7 Å². The molecular formula is C9H22ClNO2. The molecule has 2 atom stereocenters. The van der Waals surface area contributed by atoms with Crippen LogP contribution in [0.3, 0.4) is 0 Å². The van der Waals surface area contributed by atoms with Crippen molar-refractivity contribution < 1.29 is 26.7 Å². The van der Waals surface area contributed by atoms with E-state index in [9.17, 15) is 5.11 Å². The largest absolute Gasteiger partial charge is 1.00 e. The maximum Gasteiger partial charge on any atom is 0.207 e. The number of aliphatic hydroxyl groups is 1. The first kappa shape index (κ1) is 15.6. The van der Waals surface area contributed by atoms with Crippen LogP contribution in [0.2, 0.25) is 0 Å². The van der Waals surface area contributed by atoms with E-state index in [1.807, 2.05) is 35.0 Å². The minimum absolute atomic E-state index is 0. The summed E-state index contributed by atoms with van der Waals surface area (Å²) in [7, 11) is 6.13. The second-order valence-electron chi connectivity index (χ2n) is 4.12. The number of likely N-dealkylation sites (N-methyl/N-ethyl adjacent to an activating group) is 1. The van der Waals surface area contributed by atoms with Crippen LogP contribution in [0.25, 0.3) is 0 Å². The van der Waals surface area contributed by atoms with Crippen molar-refractivity contribution in [2.24, 2.45) is 0 Å². The van der Waals surface area contributed by atoms with Gasteiger partial charge in [-0.1, -0.05) is 6.92 Å². The fourth-order valence-corrected chi connectivity index (χ4v) is 0.760. The number of hydrogen-bond donors (Lipinski definition) is 1. The summed E-state index contributed by atoms with van der Waals surface area (Å²) in [5.41, 5.74) is 0. The van der Waals surface area contributed by atoms with Gasteiger partial charge in [-0.25, -0.2) is 0 Å². The maximum absolute atomic E-state index is 9.55. The molecule has 0 amide bonds. The van der Waals surface area contributed by atoms with Crippen molar-refractivity contribution in [3.05, 3.63) is 0 Å². The average Bonchev–Trinajstić information content (AvgIpc) is 1.97. The molecule has 13 heavy (non-hydrogen) atoms. The van der Waals surface area contributed by atoms with Crippen molar-refractivity contribution >= 4 is 0 Å². The van der Waals surface area contributed by atoms with E-state index in [-0.39, 0.29) is 18.4 Å². The summed E-state index contributed by atoms with van der Waals surface area (Å²) < 4.78 is 5.93. The van der Waals surface area contributed by atoms with Gasteiger partial charge < -0.3 is 26.7 Å². The smallest absolute Gasteiger partial charge is 0.207 e. The predicted octanol–water partition coefficient (Wildman–Crippen LogP) is -2.17. The van der Waals surface area contributed by atoms with Crippen LogP contribution in [0.15, 0.2) is 0 Å². The number of nitrogens with zero attached hydrogens (tertiary/aromatic N) is 1. The molecule has 0 bridgehead atoms. The molecule has 3 nitrogen and oxygen atoms in total.